The first-order valence-electron chi connectivity index (χ1n) is 13.7. The summed E-state index contributed by atoms with van der Waals surface area (Å²) in [5.41, 5.74) is 1.15. The topological polar surface area (TPSA) is 49.0 Å². The highest BCUT2D eigenvalue weighted by atomic mass is 28.4. The van der Waals surface area contributed by atoms with E-state index >= 15 is 0 Å². The summed E-state index contributed by atoms with van der Waals surface area (Å²) < 4.78 is 25.4. The first-order valence-corrected chi connectivity index (χ1v) is 15.6. The fourth-order valence-corrected chi connectivity index (χ4v) is 10.1. The number of hydrogen-bond acceptors (Lipinski definition) is 5. The smallest absolute Gasteiger partial charge is 0.261 e. The van der Waals surface area contributed by atoms with Gasteiger partial charge in [0.15, 0.2) is 5.79 Å². The summed E-state index contributed by atoms with van der Waals surface area (Å²) in [6, 6.07) is 29.3. The summed E-state index contributed by atoms with van der Waals surface area (Å²) in [5.74, 6) is 0.113. The Kier molecular flexibility index (Phi) is 9.14. The van der Waals surface area contributed by atoms with Crippen molar-refractivity contribution in [1.82, 2.24) is 5.32 Å². The van der Waals surface area contributed by atoms with E-state index in [4.69, 9.17) is 18.6 Å². The van der Waals surface area contributed by atoms with Crippen molar-refractivity contribution in [3.63, 3.8) is 0 Å². The summed E-state index contributed by atoms with van der Waals surface area (Å²) >= 11 is 0. The van der Waals surface area contributed by atoms with Gasteiger partial charge >= 0.3 is 0 Å². The van der Waals surface area contributed by atoms with Gasteiger partial charge in [-0.05, 0) is 47.0 Å². The molecule has 3 aromatic carbocycles. The first kappa shape index (κ1) is 29.2. The van der Waals surface area contributed by atoms with Crippen molar-refractivity contribution in [3.05, 3.63) is 103 Å². The van der Waals surface area contributed by atoms with Crippen LogP contribution in [-0.4, -0.2) is 46.1 Å². The Hall–Kier alpha value is -2.74. The highest BCUT2D eigenvalue weighted by Gasteiger charge is 2.52. The van der Waals surface area contributed by atoms with Crippen LogP contribution >= 0.6 is 0 Å². The van der Waals surface area contributed by atoms with Gasteiger partial charge in [0.1, 0.15) is 18.0 Å². The summed E-state index contributed by atoms with van der Waals surface area (Å²) in [6.45, 7) is 16.0. The maximum atomic E-state index is 7.21. The minimum absolute atomic E-state index is 0.120. The second-order valence-corrected chi connectivity index (χ2v) is 15.9. The van der Waals surface area contributed by atoms with Crippen molar-refractivity contribution in [1.29, 1.82) is 0 Å². The molecule has 39 heavy (non-hydrogen) atoms. The predicted octanol–water partition coefficient (Wildman–Crippen LogP) is 5.44. The van der Waals surface area contributed by atoms with Crippen LogP contribution in [0.1, 0.15) is 40.2 Å². The van der Waals surface area contributed by atoms with Crippen molar-refractivity contribution < 1.29 is 18.6 Å². The lowest BCUT2D eigenvalue weighted by Gasteiger charge is -2.43. The monoisotopic (exact) mass is 545 g/mol. The molecule has 6 heteroatoms. The Morgan fingerprint density at radius 2 is 1.49 bits per heavy atom. The van der Waals surface area contributed by atoms with Gasteiger partial charge in [-0.15, -0.1) is 6.58 Å². The second kappa shape index (κ2) is 12.2. The van der Waals surface area contributed by atoms with Gasteiger partial charge < -0.3 is 24.0 Å². The molecule has 5 nitrogen and oxygen atoms in total. The Bertz CT molecular complexity index is 1150. The minimum Gasteiger partial charge on any atom is -0.497 e. The molecule has 1 N–H and O–H groups in total. The molecule has 0 unspecified atom stereocenters. The summed E-state index contributed by atoms with van der Waals surface area (Å²) in [6.07, 6.45) is 1.39. The Balaban J connectivity index is 1.60. The Labute approximate surface area is 235 Å². The number of ether oxygens (including phenoxy) is 3. The van der Waals surface area contributed by atoms with Crippen LogP contribution in [0.3, 0.4) is 0 Å². The standard InChI is InChI=1S/C33H43NO4Si/c1-8-29(34-23-25-19-21-26(35-7)22-20-25)31-30(37-33(5,6)38-31)24-36-39(32(2,3)4,27-15-11-9-12-16-27)28-17-13-10-14-18-28/h8-22,29-31,34H,1,23-24H2,2-7H3/t29-,30-,31-/m0/s1. The van der Waals surface area contributed by atoms with E-state index in [1.807, 2.05) is 32.1 Å². The minimum atomic E-state index is -2.71. The van der Waals surface area contributed by atoms with Crippen LogP contribution in [0.4, 0.5) is 0 Å². The molecule has 0 saturated carbocycles. The lowest BCUT2D eigenvalue weighted by atomic mass is 10.1. The predicted molar refractivity (Wildman–Crippen MR) is 161 cm³/mol. The van der Waals surface area contributed by atoms with Gasteiger partial charge in [0.2, 0.25) is 0 Å². The van der Waals surface area contributed by atoms with Crippen molar-refractivity contribution in [2.45, 2.75) is 70.2 Å². The lowest BCUT2D eigenvalue weighted by molar-refractivity contribution is -0.149. The van der Waals surface area contributed by atoms with Crippen LogP contribution in [0.5, 0.6) is 5.75 Å². The molecule has 208 valence electrons. The van der Waals surface area contributed by atoms with E-state index in [0.717, 1.165) is 11.3 Å². The van der Waals surface area contributed by atoms with Crippen molar-refractivity contribution in [3.8, 4) is 5.75 Å². The van der Waals surface area contributed by atoms with Crippen molar-refractivity contribution >= 4 is 18.7 Å². The molecular formula is C33H43NO4Si. The van der Waals surface area contributed by atoms with Gasteiger partial charge in [-0.3, -0.25) is 0 Å². The van der Waals surface area contributed by atoms with Crippen LogP contribution in [0.25, 0.3) is 0 Å². The van der Waals surface area contributed by atoms with E-state index in [0.29, 0.717) is 13.2 Å². The van der Waals surface area contributed by atoms with E-state index in [-0.39, 0.29) is 23.3 Å². The number of benzene rings is 3. The molecule has 0 aliphatic carbocycles. The summed E-state index contributed by atoms with van der Waals surface area (Å²) in [4.78, 5) is 0. The number of rotatable bonds is 11. The van der Waals surface area contributed by atoms with Crippen LogP contribution in [-0.2, 0) is 20.4 Å². The van der Waals surface area contributed by atoms with Crippen LogP contribution in [0, 0.1) is 0 Å². The third-order valence-corrected chi connectivity index (χ3v) is 12.4. The fraction of sp³-hybridized carbons (Fsp3) is 0.394. The van der Waals surface area contributed by atoms with Crippen LogP contribution in [0.2, 0.25) is 5.04 Å². The SMILES string of the molecule is C=C[C@H](NCc1ccc(OC)cc1)[C@@H]1OC(C)(C)O[C@H]1CO[Si](c1ccccc1)(c1ccccc1)C(C)(C)C. The highest BCUT2D eigenvalue weighted by molar-refractivity contribution is 6.99. The number of methoxy groups -OCH3 is 1. The van der Waals surface area contributed by atoms with Crippen molar-refractivity contribution in [2.24, 2.45) is 0 Å². The molecule has 1 aliphatic rings. The molecule has 3 atom stereocenters. The summed E-state index contributed by atoms with van der Waals surface area (Å²) in [7, 11) is -1.04. The lowest BCUT2D eigenvalue weighted by Crippen LogP contribution is -2.67. The fourth-order valence-electron chi connectivity index (χ4n) is 5.58. The molecule has 3 aromatic rings. The van der Waals surface area contributed by atoms with Gasteiger partial charge in [-0.2, -0.15) is 0 Å². The van der Waals surface area contributed by atoms with Crippen LogP contribution < -0.4 is 20.4 Å². The van der Waals surface area contributed by atoms with Crippen LogP contribution in [0.15, 0.2) is 97.6 Å². The van der Waals surface area contributed by atoms with Crippen molar-refractivity contribution in [2.75, 3.05) is 13.7 Å². The number of nitrogens with one attached hydrogen (secondary N) is 1. The maximum absolute atomic E-state index is 7.21. The molecule has 0 spiro atoms. The highest BCUT2D eigenvalue weighted by Crippen LogP contribution is 2.38. The van der Waals surface area contributed by atoms with Gasteiger partial charge in [0.25, 0.3) is 8.32 Å². The molecule has 4 rings (SSSR count). The van der Waals surface area contributed by atoms with Gasteiger partial charge in [-0.1, -0.05) is 99.6 Å². The van der Waals surface area contributed by atoms with E-state index in [9.17, 15) is 0 Å². The van der Waals surface area contributed by atoms with Gasteiger partial charge in [0.05, 0.1) is 19.8 Å². The van der Waals surface area contributed by atoms with E-state index < -0.39 is 14.1 Å². The third kappa shape index (κ3) is 6.53. The molecule has 0 bridgehead atoms. The zero-order valence-electron chi connectivity index (χ0n) is 24.1. The third-order valence-electron chi connectivity index (χ3n) is 7.41. The average molecular weight is 546 g/mol. The number of hydrogen-bond donors (Lipinski definition) is 1. The maximum Gasteiger partial charge on any atom is 0.261 e. The average Bonchev–Trinajstić information content (AvgIpc) is 3.24. The van der Waals surface area contributed by atoms with Gasteiger partial charge in [-0.25, -0.2) is 0 Å². The normalized spacial score (nSPS) is 19.9. The molecule has 0 radical (unpaired) electrons. The van der Waals surface area contributed by atoms with E-state index in [1.54, 1.807) is 7.11 Å². The molecule has 1 fully saturated rings. The first-order chi connectivity index (χ1) is 18.6. The van der Waals surface area contributed by atoms with E-state index in [1.165, 1.54) is 10.4 Å². The Morgan fingerprint density at radius 3 is 1.97 bits per heavy atom. The molecule has 1 aliphatic heterocycles. The molecule has 0 aromatic heterocycles. The second-order valence-electron chi connectivity index (χ2n) is 11.6. The zero-order valence-corrected chi connectivity index (χ0v) is 25.1. The zero-order chi connectivity index (χ0) is 28.1. The molecule has 1 heterocycles. The molecule has 0 amide bonds. The molecular weight excluding hydrogens is 502 g/mol. The van der Waals surface area contributed by atoms with E-state index in [2.05, 4.69) is 105 Å². The quantitative estimate of drug-likeness (QED) is 0.257. The Morgan fingerprint density at radius 1 is 0.923 bits per heavy atom. The molecule has 1 saturated heterocycles. The largest absolute Gasteiger partial charge is 0.497 e. The summed E-state index contributed by atoms with van der Waals surface area (Å²) in [5, 5.41) is 5.99. The van der Waals surface area contributed by atoms with Gasteiger partial charge in [0, 0.05) is 6.54 Å².